The number of hydrogen-bond acceptors (Lipinski definition) is 3. The molecule has 104 valence electrons. The van der Waals surface area contributed by atoms with Gasteiger partial charge in [-0.15, -0.1) is 0 Å². The summed E-state index contributed by atoms with van der Waals surface area (Å²) in [6, 6.07) is 12.1. The average molecular weight is 284 g/mol. The van der Waals surface area contributed by atoms with Crippen LogP contribution in [0, 0.1) is 0 Å². The Balaban J connectivity index is 2.17. The monoisotopic (exact) mass is 284 g/mol. The predicted molar refractivity (Wildman–Crippen MR) is 86.2 cm³/mol. The van der Waals surface area contributed by atoms with Crippen molar-refractivity contribution in [2.75, 3.05) is 0 Å². The van der Waals surface area contributed by atoms with Crippen LogP contribution in [0.4, 0.5) is 0 Å². The van der Waals surface area contributed by atoms with E-state index >= 15 is 0 Å². The van der Waals surface area contributed by atoms with Crippen molar-refractivity contribution in [2.24, 2.45) is 4.99 Å². The quantitative estimate of drug-likeness (QED) is 0.621. The molecule has 0 aliphatic heterocycles. The molecule has 0 saturated heterocycles. The largest absolute Gasteiger partial charge is 0.547 e. The molecule has 3 nitrogen and oxygen atoms in total. The van der Waals surface area contributed by atoms with Crippen molar-refractivity contribution in [1.29, 1.82) is 0 Å². The first kappa shape index (κ1) is 14.5. The minimum Gasteiger partial charge on any atom is -0.547 e. The summed E-state index contributed by atoms with van der Waals surface area (Å²) in [6.07, 6.45) is 5.43. The van der Waals surface area contributed by atoms with Crippen molar-refractivity contribution in [3.63, 3.8) is 0 Å². The van der Waals surface area contributed by atoms with Gasteiger partial charge in [-0.2, -0.15) is 0 Å². The van der Waals surface area contributed by atoms with E-state index in [4.69, 9.17) is 4.43 Å². The summed E-state index contributed by atoms with van der Waals surface area (Å²) < 4.78 is 5.97. The summed E-state index contributed by atoms with van der Waals surface area (Å²) in [6.45, 7) is 6.42. The van der Waals surface area contributed by atoms with Crippen LogP contribution < -0.4 is 4.43 Å². The Kier molecular flexibility index (Phi) is 5.07. The standard InChI is InChI=1S/C16H20N2OSi/c1-13(18-12-14-8-10-17-11-9-14)15-6-4-5-7-16(15)19-20(2)3/h4-13,20H,1-3H3. The lowest BCUT2D eigenvalue weighted by molar-refractivity contribution is 0.564. The maximum Gasteiger partial charge on any atom is 0.229 e. The molecule has 0 aliphatic rings. The van der Waals surface area contributed by atoms with Crippen LogP contribution in [0.2, 0.25) is 13.1 Å². The highest BCUT2D eigenvalue weighted by Crippen LogP contribution is 2.27. The highest BCUT2D eigenvalue weighted by Gasteiger charge is 2.10. The van der Waals surface area contributed by atoms with E-state index in [0.29, 0.717) is 0 Å². The molecule has 0 amide bonds. The number of aliphatic imine (C=N–C) groups is 1. The Bertz CT molecular complexity index is 570. The fourth-order valence-corrected chi connectivity index (χ4v) is 2.64. The third kappa shape index (κ3) is 4.03. The van der Waals surface area contributed by atoms with E-state index in [-0.39, 0.29) is 6.04 Å². The van der Waals surface area contributed by atoms with Gasteiger partial charge in [0.1, 0.15) is 5.75 Å². The van der Waals surface area contributed by atoms with Gasteiger partial charge < -0.3 is 4.43 Å². The summed E-state index contributed by atoms with van der Waals surface area (Å²) in [5, 5.41) is 0. The van der Waals surface area contributed by atoms with Crippen LogP contribution in [0.5, 0.6) is 5.75 Å². The third-order valence-corrected chi connectivity index (χ3v) is 3.61. The van der Waals surface area contributed by atoms with Gasteiger partial charge in [-0.05, 0) is 43.8 Å². The lowest BCUT2D eigenvalue weighted by Crippen LogP contribution is -2.13. The topological polar surface area (TPSA) is 34.5 Å². The Morgan fingerprint density at radius 2 is 1.85 bits per heavy atom. The van der Waals surface area contributed by atoms with E-state index < -0.39 is 9.04 Å². The molecule has 0 bridgehead atoms. The molecule has 1 aromatic heterocycles. The molecule has 1 atom stereocenters. The van der Waals surface area contributed by atoms with Gasteiger partial charge in [0.15, 0.2) is 0 Å². The maximum absolute atomic E-state index is 5.97. The maximum atomic E-state index is 5.97. The first-order chi connectivity index (χ1) is 9.66. The Morgan fingerprint density at radius 1 is 1.15 bits per heavy atom. The fraction of sp³-hybridized carbons (Fsp3) is 0.250. The van der Waals surface area contributed by atoms with Crippen molar-refractivity contribution < 1.29 is 4.43 Å². The third-order valence-electron chi connectivity index (χ3n) is 2.89. The predicted octanol–water partition coefficient (Wildman–Crippen LogP) is 3.62. The van der Waals surface area contributed by atoms with Crippen molar-refractivity contribution >= 4 is 15.3 Å². The fourth-order valence-electron chi connectivity index (χ4n) is 1.91. The minimum absolute atomic E-state index is 0.0760. The zero-order valence-corrected chi connectivity index (χ0v) is 13.3. The second kappa shape index (κ2) is 7.00. The molecular formula is C16H20N2OSi. The number of para-hydroxylation sites is 1. The molecule has 4 heteroatoms. The van der Waals surface area contributed by atoms with Crippen molar-refractivity contribution in [3.05, 3.63) is 59.9 Å². The lowest BCUT2D eigenvalue weighted by atomic mass is 10.1. The molecule has 0 radical (unpaired) electrons. The molecule has 0 aliphatic carbocycles. The first-order valence-corrected chi connectivity index (χ1v) is 9.63. The molecule has 2 rings (SSSR count). The van der Waals surface area contributed by atoms with Gasteiger partial charge in [0.05, 0.1) is 6.04 Å². The molecule has 2 aromatic rings. The van der Waals surface area contributed by atoms with Crippen LogP contribution >= 0.6 is 0 Å². The SMILES string of the molecule is CC(N=Cc1ccncc1)c1ccccc1O[SiH](C)C. The normalized spacial score (nSPS) is 12.8. The van der Waals surface area contributed by atoms with Crippen molar-refractivity contribution in [3.8, 4) is 5.75 Å². The van der Waals surface area contributed by atoms with E-state index in [2.05, 4.69) is 36.1 Å². The minimum atomic E-state index is -1.11. The first-order valence-electron chi connectivity index (χ1n) is 6.85. The highest BCUT2D eigenvalue weighted by atomic mass is 28.3. The summed E-state index contributed by atoms with van der Waals surface area (Å²) in [5.74, 6) is 0.966. The zero-order chi connectivity index (χ0) is 14.4. The summed E-state index contributed by atoms with van der Waals surface area (Å²) in [5.41, 5.74) is 2.20. The van der Waals surface area contributed by atoms with Gasteiger partial charge in [0, 0.05) is 24.2 Å². The number of nitrogens with zero attached hydrogens (tertiary/aromatic N) is 2. The number of hydrogen-bond donors (Lipinski definition) is 0. The number of rotatable bonds is 5. The van der Waals surface area contributed by atoms with Crippen LogP contribution in [0.25, 0.3) is 0 Å². The molecule has 1 unspecified atom stereocenters. The molecule has 0 fully saturated rings. The number of benzene rings is 1. The van der Waals surface area contributed by atoms with Crippen LogP contribution in [0.3, 0.4) is 0 Å². The Labute approximate surface area is 122 Å². The Morgan fingerprint density at radius 3 is 2.55 bits per heavy atom. The van der Waals surface area contributed by atoms with E-state index in [9.17, 15) is 0 Å². The Hall–Kier alpha value is -1.94. The van der Waals surface area contributed by atoms with Gasteiger partial charge in [-0.25, -0.2) is 0 Å². The van der Waals surface area contributed by atoms with Gasteiger partial charge in [0.25, 0.3) is 0 Å². The van der Waals surface area contributed by atoms with E-state index in [0.717, 1.165) is 16.9 Å². The molecule has 0 N–H and O–H groups in total. The molecule has 1 aromatic carbocycles. The molecular weight excluding hydrogens is 264 g/mol. The zero-order valence-electron chi connectivity index (χ0n) is 12.2. The van der Waals surface area contributed by atoms with Crippen molar-refractivity contribution in [1.82, 2.24) is 4.98 Å². The van der Waals surface area contributed by atoms with Crippen molar-refractivity contribution in [2.45, 2.75) is 26.1 Å². The van der Waals surface area contributed by atoms with Gasteiger partial charge in [-0.3, -0.25) is 9.98 Å². The summed E-state index contributed by atoms with van der Waals surface area (Å²) >= 11 is 0. The average Bonchev–Trinajstić information content (AvgIpc) is 2.46. The van der Waals surface area contributed by atoms with Gasteiger partial charge >= 0.3 is 0 Å². The summed E-state index contributed by atoms with van der Waals surface area (Å²) in [4.78, 5) is 8.62. The van der Waals surface area contributed by atoms with E-state index in [1.54, 1.807) is 12.4 Å². The lowest BCUT2D eigenvalue weighted by Gasteiger charge is -2.16. The van der Waals surface area contributed by atoms with Crippen LogP contribution in [0.15, 0.2) is 53.8 Å². The smallest absolute Gasteiger partial charge is 0.229 e. The molecule has 0 saturated carbocycles. The summed E-state index contributed by atoms with van der Waals surface area (Å²) in [7, 11) is -1.11. The van der Waals surface area contributed by atoms with Gasteiger partial charge in [0.2, 0.25) is 9.04 Å². The van der Waals surface area contributed by atoms with Gasteiger partial charge in [-0.1, -0.05) is 18.2 Å². The molecule has 20 heavy (non-hydrogen) atoms. The van der Waals surface area contributed by atoms with Crippen LogP contribution in [0.1, 0.15) is 24.1 Å². The van der Waals surface area contributed by atoms with Crippen LogP contribution in [-0.4, -0.2) is 20.2 Å². The molecule has 1 heterocycles. The van der Waals surface area contributed by atoms with E-state index in [1.807, 2.05) is 36.5 Å². The highest BCUT2D eigenvalue weighted by molar-refractivity contribution is 6.49. The second-order valence-electron chi connectivity index (χ2n) is 4.94. The molecule has 0 spiro atoms. The van der Waals surface area contributed by atoms with E-state index in [1.165, 1.54) is 0 Å². The second-order valence-corrected chi connectivity index (χ2v) is 7.27. The number of pyridine rings is 1. The number of aromatic nitrogens is 1. The van der Waals surface area contributed by atoms with Crippen LogP contribution in [-0.2, 0) is 0 Å².